The van der Waals surface area contributed by atoms with E-state index in [4.69, 9.17) is 4.84 Å². The summed E-state index contributed by atoms with van der Waals surface area (Å²) in [4.78, 5) is 5.78. The Labute approximate surface area is 174 Å². The molecule has 0 heterocycles. The van der Waals surface area contributed by atoms with Gasteiger partial charge in [-0.1, -0.05) is 60.7 Å². The molecule has 1 fully saturated rings. The van der Waals surface area contributed by atoms with Gasteiger partial charge in [-0.2, -0.15) is 13.2 Å². The third-order valence-corrected chi connectivity index (χ3v) is 5.29. The van der Waals surface area contributed by atoms with Gasteiger partial charge in [0.1, 0.15) is 0 Å². The number of rotatable bonds is 6. The van der Waals surface area contributed by atoms with Gasteiger partial charge in [-0.15, -0.1) is 0 Å². The van der Waals surface area contributed by atoms with Gasteiger partial charge < -0.3 is 0 Å². The summed E-state index contributed by atoms with van der Waals surface area (Å²) in [7, 11) is 0. The first-order valence-corrected chi connectivity index (χ1v) is 9.85. The summed E-state index contributed by atoms with van der Waals surface area (Å²) in [5.74, 6) is 0. The molecule has 0 amide bonds. The Balaban J connectivity index is 1.46. The SMILES string of the molecule is Cc1c(CONC(=C2CC2)c2ccc(C(F)(F)F)cc2)cccc1-c1ccccc1. The van der Waals surface area contributed by atoms with E-state index < -0.39 is 11.7 Å². The molecule has 154 valence electrons. The van der Waals surface area contributed by atoms with Crippen LogP contribution < -0.4 is 5.48 Å². The fraction of sp³-hybridized carbons (Fsp3) is 0.200. The average molecular weight is 409 g/mol. The molecule has 0 spiro atoms. The number of benzene rings is 3. The second-order valence-corrected chi connectivity index (χ2v) is 7.40. The Bertz CT molecular complexity index is 1050. The van der Waals surface area contributed by atoms with Gasteiger partial charge in [0.05, 0.1) is 17.9 Å². The number of hydroxylamine groups is 1. The van der Waals surface area contributed by atoms with E-state index in [0.717, 1.165) is 58.5 Å². The van der Waals surface area contributed by atoms with E-state index in [9.17, 15) is 13.2 Å². The molecule has 30 heavy (non-hydrogen) atoms. The molecule has 0 unspecified atom stereocenters. The van der Waals surface area contributed by atoms with Crippen molar-refractivity contribution in [3.05, 3.63) is 101 Å². The smallest absolute Gasteiger partial charge is 0.271 e. The van der Waals surface area contributed by atoms with Gasteiger partial charge >= 0.3 is 6.18 Å². The van der Waals surface area contributed by atoms with Crippen molar-refractivity contribution >= 4 is 5.70 Å². The molecule has 2 nitrogen and oxygen atoms in total. The highest BCUT2D eigenvalue weighted by Gasteiger charge is 2.30. The van der Waals surface area contributed by atoms with Crippen LogP contribution >= 0.6 is 0 Å². The molecule has 0 bridgehead atoms. The highest BCUT2D eigenvalue weighted by atomic mass is 19.4. The molecule has 0 radical (unpaired) electrons. The number of nitrogens with one attached hydrogen (secondary N) is 1. The number of alkyl halides is 3. The maximum absolute atomic E-state index is 12.8. The summed E-state index contributed by atoms with van der Waals surface area (Å²) in [5.41, 5.74) is 9.45. The molecular weight excluding hydrogens is 387 g/mol. The van der Waals surface area contributed by atoms with Crippen LogP contribution in [0.5, 0.6) is 0 Å². The second-order valence-electron chi connectivity index (χ2n) is 7.40. The van der Waals surface area contributed by atoms with Gasteiger partial charge in [-0.05, 0) is 65.3 Å². The second kappa shape index (κ2) is 8.36. The van der Waals surface area contributed by atoms with E-state index in [1.54, 1.807) is 0 Å². The van der Waals surface area contributed by atoms with Crippen molar-refractivity contribution in [1.29, 1.82) is 0 Å². The predicted molar refractivity (Wildman–Crippen MR) is 112 cm³/mol. The molecule has 1 aliphatic carbocycles. The fourth-order valence-corrected chi connectivity index (χ4v) is 3.43. The molecule has 0 aromatic heterocycles. The first kappa shape index (κ1) is 20.2. The largest absolute Gasteiger partial charge is 0.416 e. The Morgan fingerprint density at radius 3 is 2.23 bits per heavy atom. The lowest BCUT2D eigenvalue weighted by molar-refractivity contribution is -0.137. The first-order chi connectivity index (χ1) is 14.4. The van der Waals surface area contributed by atoms with E-state index in [2.05, 4.69) is 30.6 Å². The highest BCUT2D eigenvalue weighted by Crippen LogP contribution is 2.36. The minimum atomic E-state index is -4.34. The molecule has 3 aromatic carbocycles. The molecule has 1 saturated carbocycles. The average Bonchev–Trinajstić information content (AvgIpc) is 3.58. The van der Waals surface area contributed by atoms with Crippen LogP contribution in [-0.2, 0) is 17.6 Å². The molecule has 4 rings (SSSR count). The summed E-state index contributed by atoms with van der Waals surface area (Å²) in [5, 5.41) is 0. The topological polar surface area (TPSA) is 21.3 Å². The number of hydrogen-bond donors (Lipinski definition) is 1. The fourth-order valence-electron chi connectivity index (χ4n) is 3.43. The number of halogens is 3. The molecular formula is C25H22F3NO. The zero-order valence-electron chi connectivity index (χ0n) is 16.6. The van der Waals surface area contributed by atoms with E-state index in [1.807, 2.05) is 30.3 Å². The van der Waals surface area contributed by atoms with Gasteiger partial charge in [0.25, 0.3) is 0 Å². The maximum atomic E-state index is 12.8. The lowest BCUT2D eigenvalue weighted by Gasteiger charge is -2.15. The van der Waals surface area contributed by atoms with Crippen LogP contribution in [0.2, 0.25) is 0 Å². The van der Waals surface area contributed by atoms with Crippen molar-refractivity contribution in [2.24, 2.45) is 0 Å². The van der Waals surface area contributed by atoms with Crippen molar-refractivity contribution in [3.8, 4) is 11.1 Å². The standard InChI is InChI=1S/C25H22F3NO/c1-17-21(8-5-9-23(17)18-6-3-2-4-7-18)16-30-29-24(19-10-11-19)20-12-14-22(15-13-20)25(26,27)28/h2-9,12-15,29H,10-11,16H2,1H3. The van der Waals surface area contributed by atoms with Gasteiger partial charge in [-0.25, -0.2) is 0 Å². The van der Waals surface area contributed by atoms with Crippen LogP contribution in [0, 0.1) is 6.92 Å². The summed E-state index contributed by atoms with van der Waals surface area (Å²) >= 11 is 0. The van der Waals surface area contributed by atoms with E-state index in [1.165, 1.54) is 12.1 Å². The van der Waals surface area contributed by atoms with Gasteiger partial charge in [0, 0.05) is 0 Å². The Hall–Kier alpha value is -3.05. The van der Waals surface area contributed by atoms with Crippen molar-refractivity contribution in [1.82, 2.24) is 5.48 Å². The third kappa shape index (κ3) is 4.57. The van der Waals surface area contributed by atoms with Crippen molar-refractivity contribution in [2.45, 2.75) is 32.5 Å². The van der Waals surface area contributed by atoms with E-state index >= 15 is 0 Å². The van der Waals surface area contributed by atoms with Crippen LogP contribution in [0.4, 0.5) is 13.2 Å². The van der Waals surface area contributed by atoms with Crippen LogP contribution in [0.25, 0.3) is 16.8 Å². The Morgan fingerprint density at radius 1 is 0.900 bits per heavy atom. The van der Waals surface area contributed by atoms with Gasteiger partial charge in [-0.3, -0.25) is 10.3 Å². The number of hydrogen-bond acceptors (Lipinski definition) is 2. The molecule has 0 saturated heterocycles. The molecule has 0 aliphatic heterocycles. The zero-order chi connectivity index (χ0) is 21.1. The van der Waals surface area contributed by atoms with Crippen LogP contribution in [0.1, 0.15) is 35.1 Å². The first-order valence-electron chi connectivity index (χ1n) is 9.85. The van der Waals surface area contributed by atoms with Crippen LogP contribution in [-0.4, -0.2) is 0 Å². The summed E-state index contributed by atoms with van der Waals surface area (Å²) < 4.78 is 38.5. The molecule has 0 atom stereocenters. The molecule has 3 aromatic rings. The normalized spacial score (nSPS) is 13.3. The van der Waals surface area contributed by atoms with E-state index in [0.29, 0.717) is 12.2 Å². The number of allylic oxidation sites excluding steroid dienone is 1. The third-order valence-electron chi connectivity index (χ3n) is 5.29. The van der Waals surface area contributed by atoms with Crippen LogP contribution in [0.3, 0.4) is 0 Å². The summed E-state index contributed by atoms with van der Waals surface area (Å²) in [6.07, 6.45) is -2.49. The van der Waals surface area contributed by atoms with Crippen molar-refractivity contribution in [3.63, 3.8) is 0 Å². The summed E-state index contributed by atoms with van der Waals surface area (Å²) in [6, 6.07) is 21.5. The lowest BCUT2D eigenvalue weighted by atomic mass is 9.97. The van der Waals surface area contributed by atoms with Crippen LogP contribution in [0.15, 0.2) is 78.4 Å². The molecule has 5 heteroatoms. The Morgan fingerprint density at radius 2 is 1.60 bits per heavy atom. The minimum Gasteiger partial charge on any atom is -0.271 e. The van der Waals surface area contributed by atoms with Gasteiger partial charge in [0.2, 0.25) is 0 Å². The van der Waals surface area contributed by atoms with Gasteiger partial charge in [0.15, 0.2) is 0 Å². The molecule has 1 N–H and O–H groups in total. The predicted octanol–water partition coefficient (Wildman–Crippen LogP) is 6.91. The Kier molecular flexibility index (Phi) is 5.64. The lowest BCUT2D eigenvalue weighted by Crippen LogP contribution is -2.14. The monoisotopic (exact) mass is 409 g/mol. The molecule has 1 aliphatic rings. The van der Waals surface area contributed by atoms with Crippen molar-refractivity contribution in [2.75, 3.05) is 0 Å². The van der Waals surface area contributed by atoms with E-state index in [-0.39, 0.29) is 0 Å². The summed E-state index contributed by atoms with van der Waals surface area (Å²) in [6.45, 7) is 2.42. The zero-order valence-corrected chi connectivity index (χ0v) is 16.6. The quantitative estimate of drug-likeness (QED) is 0.447. The highest BCUT2D eigenvalue weighted by molar-refractivity contribution is 5.70. The minimum absolute atomic E-state index is 0.351. The van der Waals surface area contributed by atoms with Crippen molar-refractivity contribution < 1.29 is 18.0 Å². The maximum Gasteiger partial charge on any atom is 0.416 e.